The molecule has 2 aromatic heterocycles. The third-order valence-corrected chi connectivity index (χ3v) is 5.25. The normalized spacial score (nSPS) is 10.7. The molecule has 0 saturated heterocycles. The van der Waals surface area contributed by atoms with Gasteiger partial charge < -0.3 is 14.6 Å². The van der Waals surface area contributed by atoms with E-state index in [1.807, 2.05) is 36.6 Å². The Hall–Kier alpha value is -2.32. The van der Waals surface area contributed by atoms with Crippen LogP contribution in [-0.4, -0.2) is 28.4 Å². The standard InChI is InChI=1S/C18H19N3O3S2/c1-3-23-15-6-4-13(5-7-15)18-19-14(10-26-18)9-25-11-17(22)20-16-8-12(2)24-21-16/h4-8,10H,3,9,11H2,1-2H3,(H,20,21,22). The molecule has 3 aromatic rings. The van der Waals surface area contributed by atoms with Crippen molar-refractivity contribution in [2.45, 2.75) is 19.6 Å². The molecule has 1 amide bonds. The molecule has 0 bridgehead atoms. The van der Waals surface area contributed by atoms with E-state index in [9.17, 15) is 4.79 Å². The highest BCUT2D eigenvalue weighted by Crippen LogP contribution is 2.27. The first-order valence-corrected chi connectivity index (χ1v) is 10.2. The van der Waals surface area contributed by atoms with Crippen LogP contribution in [0.2, 0.25) is 0 Å². The number of aryl methyl sites for hydroxylation is 1. The fraction of sp³-hybridized carbons (Fsp3) is 0.278. The van der Waals surface area contributed by atoms with Crippen molar-refractivity contribution >= 4 is 34.8 Å². The Morgan fingerprint density at radius 3 is 2.85 bits per heavy atom. The Morgan fingerprint density at radius 1 is 1.35 bits per heavy atom. The maximum absolute atomic E-state index is 11.9. The molecule has 0 unspecified atom stereocenters. The van der Waals surface area contributed by atoms with Gasteiger partial charge in [0.15, 0.2) is 5.82 Å². The number of carbonyl (C=O) groups is 1. The lowest BCUT2D eigenvalue weighted by molar-refractivity contribution is -0.113. The van der Waals surface area contributed by atoms with E-state index >= 15 is 0 Å². The Bertz CT molecular complexity index is 859. The third-order valence-electron chi connectivity index (χ3n) is 3.34. The van der Waals surface area contributed by atoms with Gasteiger partial charge in [0.1, 0.15) is 16.5 Å². The molecule has 26 heavy (non-hydrogen) atoms. The molecule has 0 fully saturated rings. The van der Waals surface area contributed by atoms with Crippen LogP contribution in [-0.2, 0) is 10.5 Å². The zero-order chi connectivity index (χ0) is 18.4. The van der Waals surface area contributed by atoms with Crippen LogP contribution in [0, 0.1) is 6.92 Å². The summed E-state index contributed by atoms with van der Waals surface area (Å²) in [4.78, 5) is 16.5. The van der Waals surface area contributed by atoms with E-state index in [2.05, 4.69) is 15.5 Å². The Morgan fingerprint density at radius 2 is 2.15 bits per heavy atom. The summed E-state index contributed by atoms with van der Waals surface area (Å²) < 4.78 is 10.4. The van der Waals surface area contributed by atoms with E-state index in [0.717, 1.165) is 22.0 Å². The molecule has 0 radical (unpaired) electrons. The largest absolute Gasteiger partial charge is 0.494 e. The van der Waals surface area contributed by atoms with Gasteiger partial charge in [0.25, 0.3) is 0 Å². The minimum absolute atomic E-state index is 0.106. The maximum atomic E-state index is 11.9. The highest BCUT2D eigenvalue weighted by atomic mass is 32.2. The van der Waals surface area contributed by atoms with Crippen molar-refractivity contribution in [3.63, 3.8) is 0 Å². The number of nitrogens with one attached hydrogen (secondary N) is 1. The lowest BCUT2D eigenvalue weighted by atomic mass is 10.2. The van der Waals surface area contributed by atoms with Gasteiger partial charge in [-0.1, -0.05) is 5.16 Å². The second-order valence-corrected chi connectivity index (χ2v) is 7.31. The van der Waals surface area contributed by atoms with Gasteiger partial charge in [0.05, 0.1) is 18.1 Å². The quantitative estimate of drug-likeness (QED) is 0.616. The van der Waals surface area contributed by atoms with Gasteiger partial charge in [-0.15, -0.1) is 23.1 Å². The summed E-state index contributed by atoms with van der Waals surface area (Å²) in [5.74, 6) is 2.87. The van der Waals surface area contributed by atoms with Gasteiger partial charge in [-0.3, -0.25) is 4.79 Å². The second-order valence-electron chi connectivity index (χ2n) is 5.47. The second kappa shape index (κ2) is 8.86. The summed E-state index contributed by atoms with van der Waals surface area (Å²) in [6, 6.07) is 9.60. The molecule has 1 N–H and O–H groups in total. The smallest absolute Gasteiger partial charge is 0.235 e. The molecule has 136 valence electrons. The maximum Gasteiger partial charge on any atom is 0.235 e. The van der Waals surface area contributed by atoms with Crippen LogP contribution in [0.1, 0.15) is 18.4 Å². The van der Waals surface area contributed by atoms with E-state index in [-0.39, 0.29) is 5.91 Å². The van der Waals surface area contributed by atoms with E-state index in [1.165, 1.54) is 11.8 Å². The molecule has 3 rings (SSSR count). The number of hydrogen-bond donors (Lipinski definition) is 1. The van der Waals surface area contributed by atoms with Gasteiger partial charge in [0, 0.05) is 22.8 Å². The number of rotatable bonds is 8. The van der Waals surface area contributed by atoms with E-state index < -0.39 is 0 Å². The fourth-order valence-electron chi connectivity index (χ4n) is 2.22. The van der Waals surface area contributed by atoms with Crippen molar-refractivity contribution in [1.29, 1.82) is 0 Å². The van der Waals surface area contributed by atoms with E-state index in [4.69, 9.17) is 9.26 Å². The zero-order valence-electron chi connectivity index (χ0n) is 14.5. The summed E-state index contributed by atoms with van der Waals surface area (Å²) in [5.41, 5.74) is 2.03. The number of thiazole rings is 1. The first-order chi connectivity index (χ1) is 12.6. The predicted octanol–water partition coefficient (Wildman–Crippen LogP) is 4.38. The SMILES string of the molecule is CCOc1ccc(-c2nc(CSCC(=O)Nc3cc(C)on3)cs2)cc1. The highest BCUT2D eigenvalue weighted by molar-refractivity contribution is 7.99. The topological polar surface area (TPSA) is 77.2 Å². The Balaban J connectivity index is 1.48. The molecule has 2 heterocycles. The highest BCUT2D eigenvalue weighted by Gasteiger charge is 2.09. The third kappa shape index (κ3) is 5.09. The van der Waals surface area contributed by atoms with E-state index in [1.54, 1.807) is 24.3 Å². The van der Waals surface area contributed by atoms with Gasteiger partial charge in [0.2, 0.25) is 5.91 Å². The number of ether oxygens (including phenoxy) is 1. The Kier molecular flexibility index (Phi) is 6.30. The average Bonchev–Trinajstić information content (AvgIpc) is 3.25. The van der Waals surface area contributed by atoms with Gasteiger partial charge in [-0.2, -0.15) is 0 Å². The Labute approximate surface area is 160 Å². The lowest BCUT2D eigenvalue weighted by Gasteiger charge is -2.03. The molecule has 6 nitrogen and oxygen atoms in total. The first kappa shape index (κ1) is 18.5. The monoisotopic (exact) mass is 389 g/mol. The van der Waals surface area contributed by atoms with Gasteiger partial charge in [-0.25, -0.2) is 4.98 Å². The number of aromatic nitrogens is 2. The minimum Gasteiger partial charge on any atom is -0.494 e. The van der Waals surface area contributed by atoms with Crippen molar-refractivity contribution in [2.75, 3.05) is 17.7 Å². The van der Waals surface area contributed by atoms with Gasteiger partial charge in [-0.05, 0) is 38.1 Å². The van der Waals surface area contributed by atoms with Crippen LogP contribution in [0.3, 0.4) is 0 Å². The minimum atomic E-state index is -0.106. The predicted molar refractivity (Wildman–Crippen MR) is 105 cm³/mol. The molecule has 0 aliphatic rings. The zero-order valence-corrected chi connectivity index (χ0v) is 16.2. The summed E-state index contributed by atoms with van der Waals surface area (Å²) in [5, 5.41) is 9.43. The molecular weight excluding hydrogens is 370 g/mol. The molecule has 0 atom stereocenters. The summed E-state index contributed by atoms with van der Waals surface area (Å²) in [7, 11) is 0. The number of hydrogen-bond acceptors (Lipinski definition) is 7. The number of nitrogens with zero attached hydrogens (tertiary/aromatic N) is 2. The van der Waals surface area contributed by atoms with Gasteiger partial charge >= 0.3 is 0 Å². The molecule has 0 aliphatic heterocycles. The molecule has 1 aromatic carbocycles. The lowest BCUT2D eigenvalue weighted by Crippen LogP contribution is -2.14. The van der Waals surface area contributed by atoms with Crippen LogP contribution in [0.15, 0.2) is 40.2 Å². The van der Waals surface area contributed by atoms with Crippen molar-refractivity contribution in [3.8, 4) is 16.3 Å². The number of amides is 1. The van der Waals surface area contributed by atoms with Crippen LogP contribution >= 0.6 is 23.1 Å². The molecular formula is C18H19N3O3S2. The number of benzene rings is 1. The molecule has 0 aliphatic carbocycles. The molecule has 0 spiro atoms. The first-order valence-electron chi connectivity index (χ1n) is 8.12. The summed E-state index contributed by atoms with van der Waals surface area (Å²) in [6.07, 6.45) is 0. The average molecular weight is 390 g/mol. The van der Waals surface area contributed by atoms with Crippen molar-refractivity contribution in [3.05, 3.63) is 47.2 Å². The van der Waals surface area contributed by atoms with Crippen molar-refractivity contribution in [2.24, 2.45) is 0 Å². The van der Waals surface area contributed by atoms with Crippen LogP contribution in [0.25, 0.3) is 10.6 Å². The summed E-state index contributed by atoms with van der Waals surface area (Å²) >= 11 is 3.11. The van der Waals surface area contributed by atoms with Crippen molar-refractivity contribution < 1.29 is 14.1 Å². The number of carbonyl (C=O) groups excluding carboxylic acids is 1. The fourth-order valence-corrected chi connectivity index (χ4v) is 3.87. The van der Waals surface area contributed by atoms with Crippen LogP contribution in [0.4, 0.5) is 5.82 Å². The van der Waals surface area contributed by atoms with Crippen LogP contribution < -0.4 is 10.1 Å². The van der Waals surface area contributed by atoms with E-state index in [0.29, 0.717) is 29.7 Å². The molecule has 0 saturated carbocycles. The van der Waals surface area contributed by atoms with Crippen LogP contribution in [0.5, 0.6) is 5.75 Å². The summed E-state index contributed by atoms with van der Waals surface area (Å²) in [6.45, 7) is 4.40. The number of anilines is 1. The van der Waals surface area contributed by atoms with Crippen molar-refractivity contribution in [1.82, 2.24) is 10.1 Å². The molecule has 8 heteroatoms. The number of thioether (sulfide) groups is 1.